The third-order valence-electron chi connectivity index (χ3n) is 5.49. The minimum Gasteiger partial charge on any atom is -0.493 e. The van der Waals surface area contributed by atoms with E-state index in [4.69, 9.17) is 9.47 Å². The van der Waals surface area contributed by atoms with Gasteiger partial charge in [0.2, 0.25) is 12.3 Å². The molecular formula is C24H31N3O4. The van der Waals surface area contributed by atoms with Gasteiger partial charge in [0.1, 0.15) is 6.61 Å². The molecule has 2 aromatic carbocycles. The van der Waals surface area contributed by atoms with Crippen LogP contribution in [0.1, 0.15) is 30.0 Å². The van der Waals surface area contributed by atoms with Crippen molar-refractivity contribution in [3.8, 4) is 11.5 Å². The number of para-hydroxylation sites is 1. The van der Waals surface area contributed by atoms with Gasteiger partial charge in [0, 0.05) is 51.3 Å². The van der Waals surface area contributed by atoms with Crippen LogP contribution in [-0.4, -0.2) is 55.4 Å². The average Bonchev–Trinajstić information content (AvgIpc) is 2.82. The number of hydrogen-bond acceptors (Lipinski definition) is 5. The van der Waals surface area contributed by atoms with E-state index in [9.17, 15) is 9.59 Å². The van der Waals surface area contributed by atoms with E-state index in [1.165, 1.54) is 5.56 Å². The Bertz CT molecular complexity index is 862. The Balaban J connectivity index is 1.52. The van der Waals surface area contributed by atoms with Crippen molar-refractivity contribution in [3.63, 3.8) is 0 Å². The summed E-state index contributed by atoms with van der Waals surface area (Å²) in [6, 6.07) is 14.1. The molecule has 0 aliphatic carbocycles. The summed E-state index contributed by atoms with van der Waals surface area (Å²) in [5.74, 6) is 1.52. The fourth-order valence-electron chi connectivity index (χ4n) is 3.74. The van der Waals surface area contributed by atoms with Gasteiger partial charge < -0.3 is 19.7 Å². The molecule has 0 spiro atoms. The molecule has 0 bridgehead atoms. The number of carbonyl (C=O) groups excluding carboxylic acids is 2. The molecule has 1 aliphatic heterocycles. The Hall–Kier alpha value is -3.06. The topological polar surface area (TPSA) is 71.1 Å². The van der Waals surface area contributed by atoms with E-state index < -0.39 is 0 Å². The van der Waals surface area contributed by atoms with Crippen molar-refractivity contribution in [1.82, 2.24) is 15.1 Å². The zero-order chi connectivity index (χ0) is 22.1. The van der Waals surface area contributed by atoms with Crippen LogP contribution in [0.15, 0.2) is 42.5 Å². The summed E-state index contributed by atoms with van der Waals surface area (Å²) in [4.78, 5) is 26.7. The summed E-state index contributed by atoms with van der Waals surface area (Å²) in [6.45, 7) is 7.05. The van der Waals surface area contributed by atoms with Crippen molar-refractivity contribution in [3.05, 3.63) is 59.2 Å². The summed E-state index contributed by atoms with van der Waals surface area (Å²) >= 11 is 0. The van der Waals surface area contributed by atoms with Crippen LogP contribution < -0.4 is 14.8 Å². The molecule has 1 heterocycles. The monoisotopic (exact) mass is 425 g/mol. The molecule has 2 aromatic rings. The molecule has 0 atom stereocenters. The molecule has 7 nitrogen and oxygen atoms in total. The van der Waals surface area contributed by atoms with Crippen molar-refractivity contribution in [2.45, 2.75) is 33.0 Å². The number of hydrogen-bond donors (Lipinski definition) is 1. The normalized spacial score (nSPS) is 14.2. The molecule has 0 radical (unpaired) electrons. The molecule has 31 heavy (non-hydrogen) atoms. The van der Waals surface area contributed by atoms with Crippen LogP contribution in [0.25, 0.3) is 0 Å². The number of amides is 2. The maximum atomic E-state index is 11.8. The van der Waals surface area contributed by atoms with Gasteiger partial charge >= 0.3 is 0 Å². The van der Waals surface area contributed by atoms with E-state index in [1.54, 1.807) is 7.11 Å². The van der Waals surface area contributed by atoms with E-state index in [-0.39, 0.29) is 5.91 Å². The standard InChI is InChI=1S/C24H31N3O4/c1-3-23(29)27-13-11-26(12-14-27)16-19-7-9-20(10-8-19)17-31-22-6-4-5-21(15-25-18-28)24(22)30-2/h4-10,18H,3,11-17H2,1-2H3,(H,25,28). The Morgan fingerprint density at radius 2 is 1.77 bits per heavy atom. The van der Waals surface area contributed by atoms with Gasteiger partial charge in [-0.15, -0.1) is 0 Å². The number of nitrogens with one attached hydrogen (secondary N) is 1. The zero-order valence-corrected chi connectivity index (χ0v) is 18.3. The van der Waals surface area contributed by atoms with Gasteiger partial charge in [0.05, 0.1) is 7.11 Å². The zero-order valence-electron chi connectivity index (χ0n) is 18.3. The van der Waals surface area contributed by atoms with E-state index in [1.807, 2.05) is 30.0 Å². The molecule has 0 unspecified atom stereocenters. The fraction of sp³-hybridized carbons (Fsp3) is 0.417. The maximum Gasteiger partial charge on any atom is 0.222 e. The van der Waals surface area contributed by atoms with Crippen LogP contribution in [0.3, 0.4) is 0 Å². The van der Waals surface area contributed by atoms with Crippen LogP contribution in [0.4, 0.5) is 0 Å². The molecule has 3 rings (SSSR count). The Morgan fingerprint density at radius 1 is 1.06 bits per heavy atom. The van der Waals surface area contributed by atoms with E-state index >= 15 is 0 Å². The van der Waals surface area contributed by atoms with Gasteiger partial charge in [-0.2, -0.15) is 0 Å². The number of piperazine rings is 1. The highest BCUT2D eigenvalue weighted by Gasteiger charge is 2.19. The third kappa shape index (κ3) is 6.21. The van der Waals surface area contributed by atoms with Gasteiger partial charge in [0.15, 0.2) is 11.5 Å². The fourth-order valence-corrected chi connectivity index (χ4v) is 3.74. The van der Waals surface area contributed by atoms with Gasteiger partial charge in [-0.05, 0) is 17.2 Å². The molecule has 1 saturated heterocycles. The van der Waals surface area contributed by atoms with E-state index in [0.29, 0.717) is 37.5 Å². The van der Waals surface area contributed by atoms with Gasteiger partial charge in [-0.3, -0.25) is 14.5 Å². The van der Waals surface area contributed by atoms with Crippen LogP contribution >= 0.6 is 0 Å². The number of ether oxygens (including phenoxy) is 2. The molecule has 1 N–H and O–H groups in total. The quantitative estimate of drug-likeness (QED) is 0.593. The summed E-state index contributed by atoms with van der Waals surface area (Å²) in [7, 11) is 1.60. The van der Waals surface area contributed by atoms with Gasteiger partial charge in [0.25, 0.3) is 0 Å². The van der Waals surface area contributed by atoms with Gasteiger partial charge in [-0.1, -0.05) is 43.3 Å². The SMILES string of the molecule is CCC(=O)N1CCN(Cc2ccc(COc3cccc(CNC=O)c3OC)cc2)CC1. The Labute approximate surface area is 183 Å². The van der Waals surface area contributed by atoms with Gasteiger partial charge in [-0.25, -0.2) is 0 Å². The van der Waals surface area contributed by atoms with Crippen LogP contribution in [0.2, 0.25) is 0 Å². The van der Waals surface area contributed by atoms with Crippen molar-refractivity contribution >= 4 is 12.3 Å². The summed E-state index contributed by atoms with van der Waals surface area (Å²) < 4.78 is 11.5. The lowest BCUT2D eigenvalue weighted by atomic mass is 10.1. The van der Waals surface area contributed by atoms with Crippen LogP contribution in [-0.2, 0) is 29.3 Å². The number of carbonyl (C=O) groups is 2. The van der Waals surface area contributed by atoms with Crippen molar-refractivity contribution < 1.29 is 19.1 Å². The second kappa shape index (κ2) is 11.4. The third-order valence-corrected chi connectivity index (χ3v) is 5.49. The molecule has 7 heteroatoms. The minimum absolute atomic E-state index is 0.242. The maximum absolute atomic E-state index is 11.8. The molecule has 1 aliphatic rings. The number of methoxy groups -OCH3 is 1. The second-order valence-corrected chi connectivity index (χ2v) is 7.56. The largest absolute Gasteiger partial charge is 0.493 e. The first-order valence-electron chi connectivity index (χ1n) is 10.7. The minimum atomic E-state index is 0.242. The molecule has 0 aromatic heterocycles. The first-order valence-corrected chi connectivity index (χ1v) is 10.7. The molecule has 0 saturated carbocycles. The van der Waals surface area contributed by atoms with E-state index in [0.717, 1.165) is 43.9 Å². The smallest absolute Gasteiger partial charge is 0.222 e. The molecule has 1 fully saturated rings. The Morgan fingerprint density at radius 3 is 2.42 bits per heavy atom. The molecule has 2 amide bonds. The molecular weight excluding hydrogens is 394 g/mol. The van der Waals surface area contributed by atoms with Crippen molar-refractivity contribution in [1.29, 1.82) is 0 Å². The highest BCUT2D eigenvalue weighted by atomic mass is 16.5. The molecule has 166 valence electrons. The lowest BCUT2D eigenvalue weighted by Gasteiger charge is -2.34. The predicted octanol–water partition coefficient (Wildman–Crippen LogP) is 2.57. The Kier molecular flexibility index (Phi) is 8.29. The highest BCUT2D eigenvalue weighted by Crippen LogP contribution is 2.31. The summed E-state index contributed by atoms with van der Waals surface area (Å²) in [5, 5.41) is 2.65. The second-order valence-electron chi connectivity index (χ2n) is 7.56. The predicted molar refractivity (Wildman–Crippen MR) is 119 cm³/mol. The number of benzene rings is 2. The lowest BCUT2D eigenvalue weighted by molar-refractivity contribution is -0.132. The summed E-state index contributed by atoms with van der Waals surface area (Å²) in [6.07, 6.45) is 1.24. The number of nitrogens with zero attached hydrogens (tertiary/aromatic N) is 2. The summed E-state index contributed by atoms with van der Waals surface area (Å²) in [5.41, 5.74) is 3.18. The first kappa shape index (κ1) is 22.6. The van der Waals surface area contributed by atoms with Crippen LogP contribution in [0, 0.1) is 0 Å². The first-order chi connectivity index (χ1) is 15.1. The average molecular weight is 426 g/mol. The van der Waals surface area contributed by atoms with Crippen molar-refractivity contribution in [2.24, 2.45) is 0 Å². The van der Waals surface area contributed by atoms with Crippen LogP contribution in [0.5, 0.6) is 11.5 Å². The highest BCUT2D eigenvalue weighted by molar-refractivity contribution is 5.75. The number of rotatable bonds is 10. The lowest BCUT2D eigenvalue weighted by Crippen LogP contribution is -2.48. The van der Waals surface area contributed by atoms with Crippen molar-refractivity contribution in [2.75, 3.05) is 33.3 Å². The van der Waals surface area contributed by atoms with E-state index in [2.05, 4.69) is 34.5 Å².